The molecule has 3 heterocycles. The lowest BCUT2D eigenvalue weighted by Crippen LogP contribution is -2.51. The zero-order chi connectivity index (χ0) is 17.2. The zero-order valence-electron chi connectivity index (χ0n) is 13.9. The van der Waals surface area contributed by atoms with Crippen molar-refractivity contribution in [1.29, 1.82) is 0 Å². The molecule has 1 atom stereocenters. The van der Waals surface area contributed by atoms with Crippen molar-refractivity contribution in [2.24, 2.45) is 0 Å². The van der Waals surface area contributed by atoms with Crippen LogP contribution in [0.4, 0.5) is 0 Å². The lowest BCUT2D eigenvalue weighted by molar-refractivity contribution is -0.138. The number of likely N-dealkylation sites (tertiary alicyclic amines) is 1. The Balaban J connectivity index is 1.57. The van der Waals surface area contributed by atoms with E-state index in [1.807, 2.05) is 53.4 Å². The molecule has 0 N–H and O–H groups in total. The van der Waals surface area contributed by atoms with E-state index in [1.165, 1.54) is 0 Å². The number of nitrogens with zero attached hydrogens (tertiary/aromatic N) is 6. The fourth-order valence-electron chi connectivity index (χ4n) is 3.14. The first-order valence-electron chi connectivity index (χ1n) is 8.23. The van der Waals surface area contributed by atoms with Gasteiger partial charge in [-0.2, -0.15) is 0 Å². The molecule has 2 aromatic heterocycles. The number of hydrogen-bond donors (Lipinski definition) is 0. The summed E-state index contributed by atoms with van der Waals surface area (Å²) < 4.78 is 1.59. The fraction of sp³-hybridized carbons (Fsp3) is 0.278. The number of rotatable bonds is 4. The van der Waals surface area contributed by atoms with Gasteiger partial charge in [0.25, 0.3) is 5.91 Å². The summed E-state index contributed by atoms with van der Waals surface area (Å²) in [5.41, 5.74) is 1.91. The average molecular weight is 334 g/mol. The number of carbonyl (C=O) groups is 1. The summed E-state index contributed by atoms with van der Waals surface area (Å²) in [7, 11) is 0. The van der Waals surface area contributed by atoms with Gasteiger partial charge in [0.15, 0.2) is 6.04 Å². The van der Waals surface area contributed by atoms with E-state index < -0.39 is 6.04 Å². The number of pyridine rings is 1. The fourth-order valence-corrected chi connectivity index (χ4v) is 3.14. The minimum absolute atomic E-state index is 0.00813. The number of aromatic nitrogens is 5. The third-order valence-electron chi connectivity index (χ3n) is 4.55. The molecule has 0 aliphatic carbocycles. The van der Waals surface area contributed by atoms with Crippen LogP contribution in [0.2, 0.25) is 0 Å². The molecule has 7 nitrogen and oxygen atoms in total. The molecule has 1 aliphatic rings. The van der Waals surface area contributed by atoms with Crippen molar-refractivity contribution in [2.45, 2.75) is 18.9 Å². The Labute approximate surface area is 145 Å². The SMILES string of the molecule is Cc1nnnn1C(C(=O)N1CC(c2ccccn2)C1)c1ccccc1. The van der Waals surface area contributed by atoms with Crippen molar-refractivity contribution >= 4 is 5.91 Å². The summed E-state index contributed by atoms with van der Waals surface area (Å²) >= 11 is 0. The molecule has 1 fully saturated rings. The Morgan fingerprint density at radius 1 is 1.12 bits per heavy atom. The Morgan fingerprint density at radius 2 is 1.88 bits per heavy atom. The predicted molar refractivity (Wildman–Crippen MR) is 90.7 cm³/mol. The molecule has 0 spiro atoms. The number of tetrazole rings is 1. The Bertz CT molecular complexity index is 858. The molecule has 25 heavy (non-hydrogen) atoms. The van der Waals surface area contributed by atoms with Crippen molar-refractivity contribution in [3.63, 3.8) is 0 Å². The van der Waals surface area contributed by atoms with Crippen molar-refractivity contribution in [1.82, 2.24) is 30.1 Å². The van der Waals surface area contributed by atoms with Gasteiger partial charge < -0.3 is 4.90 Å². The minimum Gasteiger partial charge on any atom is -0.339 e. The van der Waals surface area contributed by atoms with Crippen LogP contribution in [-0.4, -0.2) is 49.1 Å². The first-order valence-corrected chi connectivity index (χ1v) is 8.23. The second-order valence-corrected chi connectivity index (χ2v) is 6.18. The maximum absolute atomic E-state index is 13.1. The number of carbonyl (C=O) groups excluding carboxylic acids is 1. The molecule has 1 unspecified atom stereocenters. The number of aryl methyl sites for hydroxylation is 1. The lowest BCUT2D eigenvalue weighted by atomic mass is 9.93. The molecule has 1 saturated heterocycles. The van der Waals surface area contributed by atoms with Crippen molar-refractivity contribution < 1.29 is 4.79 Å². The van der Waals surface area contributed by atoms with Crippen LogP contribution in [0.25, 0.3) is 0 Å². The van der Waals surface area contributed by atoms with Crippen LogP contribution in [-0.2, 0) is 4.79 Å². The zero-order valence-corrected chi connectivity index (χ0v) is 13.9. The maximum atomic E-state index is 13.1. The van der Waals surface area contributed by atoms with Crippen LogP contribution in [0.1, 0.15) is 29.0 Å². The molecule has 0 saturated carbocycles. The van der Waals surface area contributed by atoms with Gasteiger partial charge in [-0.1, -0.05) is 36.4 Å². The molecular formula is C18H18N6O. The molecule has 3 aromatic rings. The minimum atomic E-state index is -0.541. The van der Waals surface area contributed by atoms with Crippen molar-refractivity contribution in [2.75, 3.05) is 13.1 Å². The van der Waals surface area contributed by atoms with Crippen LogP contribution < -0.4 is 0 Å². The second kappa shape index (κ2) is 6.43. The van der Waals surface area contributed by atoms with Crippen LogP contribution in [0, 0.1) is 6.92 Å². The second-order valence-electron chi connectivity index (χ2n) is 6.18. The van der Waals surface area contributed by atoms with Crippen molar-refractivity contribution in [3.8, 4) is 0 Å². The summed E-state index contributed by atoms with van der Waals surface area (Å²) in [4.78, 5) is 19.4. The van der Waals surface area contributed by atoms with E-state index in [4.69, 9.17) is 0 Å². The smallest absolute Gasteiger partial charge is 0.252 e. The van der Waals surface area contributed by atoms with Gasteiger partial charge >= 0.3 is 0 Å². The molecule has 4 rings (SSSR count). The van der Waals surface area contributed by atoms with Gasteiger partial charge in [-0.05, 0) is 35.0 Å². The van der Waals surface area contributed by atoms with Crippen LogP contribution in [0.5, 0.6) is 0 Å². The van der Waals surface area contributed by atoms with Crippen LogP contribution >= 0.6 is 0 Å². The summed E-state index contributed by atoms with van der Waals surface area (Å²) in [5, 5.41) is 11.7. The molecule has 1 aromatic carbocycles. The van der Waals surface area contributed by atoms with Crippen LogP contribution in [0.3, 0.4) is 0 Å². The maximum Gasteiger partial charge on any atom is 0.252 e. The number of amides is 1. The summed E-state index contributed by atoms with van der Waals surface area (Å²) in [5.74, 6) is 0.911. The van der Waals surface area contributed by atoms with E-state index in [0.717, 1.165) is 11.3 Å². The Kier molecular flexibility index (Phi) is 3.97. The van der Waals surface area contributed by atoms with Gasteiger partial charge in [0.05, 0.1) is 0 Å². The summed E-state index contributed by atoms with van der Waals surface area (Å²) in [6.07, 6.45) is 1.79. The van der Waals surface area contributed by atoms with E-state index >= 15 is 0 Å². The van der Waals surface area contributed by atoms with Gasteiger partial charge in [0.2, 0.25) is 0 Å². The van der Waals surface area contributed by atoms with Gasteiger partial charge in [0.1, 0.15) is 5.82 Å². The monoisotopic (exact) mass is 334 g/mol. The first-order chi connectivity index (χ1) is 12.2. The largest absolute Gasteiger partial charge is 0.339 e. The number of hydrogen-bond acceptors (Lipinski definition) is 5. The van der Waals surface area contributed by atoms with Crippen molar-refractivity contribution in [3.05, 3.63) is 71.8 Å². The third kappa shape index (κ3) is 2.88. The quantitative estimate of drug-likeness (QED) is 0.724. The predicted octanol–water partition coefficient (Wildman–Crippen LogP) is 1.59. The van der Waals surface area contributed by atoms with E-state index in [-0.39, 0.29) is 11.8 Å². The summed E-state index contributed by atoms with van der Waals surface area (Å²) in [6.45, 7) is 3.14. The molecule has 7 heteroatoms. The molecule has 0 bridgehead atoms. The van der Waals surface area contributed by atoms with Gasteiger partial charge in [-0.25, -0.2) is 4.68 Å². The van der Waals surface area contributed by atoms with Crippen LogP contribution in [0.15, 0.2) is 54.7 Å². The Hall–Kier alpha value is -3.09. The van der Waals surface area contributed by atoms with E-state index in [0.29, 0.717) is 18.9 Å². The topological polar surface area (TPSA) is 76.8 Å². The van der Waals surface area contributed by atoms with Gasteiger partial charge in [0, 0.05) is 30.9 Å². The van der Waals surface area contributed by atoms with E-state index in [9.17, 15) is 4.79 Å². The van der Waals surface area contributed by atoms with Gasteiger partial charge in [-0.3, -0.25) is 9.78 Å². The molecule has 0 radical (unpaired) electrons. The van der Waals surface area contributed by atoms with Gasteiger partial charge in [-0.15, -0.1) is 5.10 Å². The lowest BCUT2D eigenvalue weighted by Gasteiger charge is -2.40. The first kappa shape index (κ1) is 15.4. The van der Waals surface area contributed by atoms with E-state index in [2.05, 4.69) is 20.5 Å². The molecular weight excluding hydrogens is 316 g/mol. The molecule has 1 aliphatic heterocycles. The third-order valence-corrected chi connectivity index (χ3v) is 4.55. The highest BCUT2D eigenvalue weighted by molar-refractivity contribution is 5.84. The van der Waals surface area contributed by atoms with E-state index in [1.54, 1.807) is 17.8 Å². The number of benzene rings is 1. The highest BCUT2D eigenvalue weighted by Gasteiger charge is 2.38. The molecule has 126 valence electrons. The standard InChI is InChI=1S/C18H18N6O/c1-13-20-21-22-24(13)17(14-7-3-2-4-8-14)18(25)23-11-15(12-23)16-9-5-6-10-19-16/h2-10,15,17H,11-12H2,1H3. The summed E-state index contributed by atoms with van der Waals surface area (Å²) in [6, 6.07) is 15.0. The normalized spacial score (nSPS) is 15.6. The molecule has 1 amide bonds. The highest BCUT2D eigenvalue weighted by Crippen LogP contribution is 2.30. The highest BCUT2D eigenvalue weighted by atomic mass is 16.2. The Morgan fingerprint density at radius 3 is 2.52 bits per heavy atom. The average Bonchev–Trinajstić information content (AvgIpc) is 3.02.